The van der Waals surface area contributed by atoms with Gasteiger partial charge in [-0.15, -0.1) is 13.2 Å². The third-order valence-corrected chi connectivity index (χ3v) is 3.00. The van der Waals surface area contributed by atoms with Gasteiger partial charge in [0.05, 0.1) is 10.7 Å². The van der Waals surface area contributed by atoms with Crippen LogP contribution < -0.4 is 15.4 Å². The van der Waals surface area contributed by atoms with Crippen LogP contribution in [0.15, 0.2) is 48.5 Å². The van der Waals surface area contributed by atoms with E-state index in [1.807, 2.05) is 0 Å². The first-order valence-electron chi connectivity index (χ1n) is 6.47. The molecular weight excluding hydrogens is 349 g/mol. The zero-order chi connectivity index (χ0) is 17.7. The highest BCUT2D eigenvalue weighted by molar-refractivity contribution is 6.34. The fourth-order valence-electron chi connectivity index (χ4n) is 1.71. The van der Waals surface area contributed by atoms with E-state index in [1.54, 1.807) is 18.2 Å². The first-order chi connectivity index (χ1) is 11.2. The van der Waals surface area contributed by atoms with Crippen molar-refractivity contribution in [2.45, 2.75) is 6.36 Å². The Morgan fingerprint density at radius 1 is 1.04 bits per heavy atom. The maximum Gasteiger partial charge on any atom is 0.573 e. The van der Waals surface area contributed by atoms with E-state index in [2.05, 4.69) is 15.4 Å². The summed E-state index contributed by atoms with van der Waals surface area (Å²) in [6, 6.07) is 10.1. The monoisotopic (exact) mass is 358 g/mol. The number of anilines is 1. The van der Waals surface area contributed by atoms with Crippen molar-refractivity contribution in [2.24, 2.45) is 0 Å². The number of alkyl halides is 3. The van der Waals surface area contributed by atoms with E-state index in [1.165, 1.54) is 12.1 Å². The quantitative estimate of drug-likeness (QED) is 0.864. The second-order valence-corrected chi connectivity index (χ2v) is 4.87. The van der Waals surface area contributed by atoms with E-state index in [0.29, 0.717) is 0 Å². The summed E-state index contributed by atoms with van der Waals surface area (Å²) >= 11 is 5.78. The van der Waals surface area contributed by atoms with E-state index in [4.69, 9.17) is 11.6 Å². The van der Waals surface area contributed by atoms with Crippen LogP contribution in [-0.2, 0) is 0 Å². The molecule has 0 fully saturated rings. The largest absolute Gasteiger partial charge is 0.573 e. The van der Waals surface area contributed by atoms with Crippen molar-refractivity contribution in [1.29, 1.82) is 0 Å². The minimum absolute atomic E-state index is 0.0181. The number of nitrogens with one attached hydrogen (secondary N) is 2. The van der Waals surface area contributed by atoms with Crippen LogP contribution in [0.25, 0.3) is 0 Å². The summed E-state index contributed by atoms with van der Waals surface area (Å²) in [5.41, 5.74) is 0.289. The molecule has 0 saturated heterocycles. The molecule has 9 heteroatoms. The Labute approximate surface area is 139 Å². The van der Waals surface area contributed by atoms with Crippen LogP contribution in [-0.4, -0.2) is 18.3 Å². The van der Waals surface area contributed by atoms with Gasteiger partial charge in [-0.3, -0.25) is 10.1 Å². The first-order valence-corrected chi connectivity index (χ1v) is 6.85. The van der Waals surface area contributed by atoms with Gasteiger partial charge in [-0.2, -0.15) is 0 Å². The van der Waals surface area contributed by atoms with Gasteiger partial charge in [0.15, 0.2) is 0 Å². The van der Waals surface area contributed by atoms with Gasteiger partial charge in [-0.05, 0) is 24.3 Å². The standard InChI is InChI=1S/C15H10ClF3N2O3/c16-11-8-10(24-15(17,18)19)6-7-12(11)20-14(23)21-13(22)9-4-2-1-3-5-9/h1-8H,(H2,20,21,22,23). The molecular formula is C15H10ClF3N2O3. The molecule has 3 amide bonds. The SMILES string of the molecule is O=C(NC(=O)c1ccccc1)Nc1ccc(OC(F)(F)F)cc1Cl. The van der Waals surface area contributed by atoms with E-state index in [-0.39, 0.29) is 16.3 Å². The highest BCUT2D eigenvalue weighted by Crippen LogP contribution is 2.30. The Kier molecular flexibility index (Phi) is 5.30. The highest BCUT2D eigenvalue weighted by Gasteiger charge is 2.31. The Hall–Kier alpha value is -2.74. The molecule has 0 unspecified atom stereocenters. The number of imide groups is 1. The molecule has 0 heterocycles. The lowest BCUT2D eigenvalue weighted by Gasteiger charge is -2.12. The molecule has 0 atom stereocenters. The summed E-state index contributed by atoms with van der Waals surface area (Å²) in [5.74, 6) is -1.17. The van der Waals surface area contributed by atoms with Crippen molar-refractivity contribution in [3.8, 4) is 5.75 Å². The second kappa shape index (κ2) is 7.22. The molecule has 0 aromatic heterocycles. The molecule has 0 aliphatic carbocycles. The van der Waals surface area contributed by atoms with Crippen LogP contribution in [0.2, 0.25) is 5.02 Å². The lowest BCUT2D eigenvalue weighted by atomic mass is 10.2. The van der Waals surface area contributed by atoms with Gasteiger partial charge < -0.3 is 10.1 Å². The predicted octanol–water partition coefficient (Wildman–Crippen LogP) is 4.20. The molecule has 2 aromatic rings. The van der Waals surface area contributed by atoms with Gasteiger partial charge in [0.25, 0.3) is 5.91 Å². The fourth-order valence-corrected chi connectivity index (χ4v) is 1.93. The summed E-state index contributed by atoms with van der Waals surface area (Å²) < 4.78 is 40.0. The smallest absolute Gasteiger partial charge is 0.406 e. The minimum atomic E-state index is -4.85. The summed E-state index contributed by atoms with van der Waals surface area (Å²) in [6.45, 7) is 0. The molecule has 0 radical (unpaired) electrons. The van der Waals surface area contributed by atoms with Crippen molar-refractivity contribution in [1.82, 2.24) is 5.32 Å². The first kappa shape index (κ1) is 17.6. The average Bonchev–Trinajstić information content (AvgIpc) is 2.49. The molecule has 0 bridgehead atoms. The maximum absolute atomic E-state index is 12.1. The molecule has 126 valence electrons. The van der Waals surface area contributed by atoms with Crippen LogP contribution in [0.5, 0.6) is 5.75 Å². The lowest BCUT2D eigenvalue weighted by molar-refractivity contribution is -0.274. The second-order valence-electron chi connectivity index (χ2n) is 4.46. The van der Waals surface area contributed by atoms with Crippen molar-refractivity contribution in [3.05, 3.63) is 59.1 Å². The number of halogens is 4. The molecule has 2 rings (SSSR count). The Bertz CT molecular complexity index is 751. The number of carbonyl (C=O) groups excluding carboxylic acids is 2. The van der Waals surface area contributed by atoms with Crippen molar-refractivity contribution >= 4 is 29.2 Å². The Morgan fingerprint density at radius 3 is 2.29 bits per heavy atom. The minimum Gasteiger partial charge on any atom is -0.406 e. The van der Waals surface area contributed by atoms with E-state index >= 15 is 0 Å². The van der Waals surface area contributed by atoms with Gasteiger partial charge in [0.2, 0.25) is 0 Å². The van der Waals surface area contributed by atoms with Crippen molar-refractivity contribution in [2.75, 3.05) is 5.32 Å². The molecule has 0 spiro atoms. The van der Waals surface area contributed by atoms with E-state index in [9.17, 15) is 22.8 Å². The molecule has 2 aromatic carbocycles. The van der Waals surface area contributed by atoms with Crippen molar-refractivity contribution in [3.63, 3.8) is 0 Å². The predicted molar refractivity (Wildman–Crippen MR) is 81.1 cm³/mol. The van der Waals surface area contributed by atoms with Crippen LogP contribution >= 0.6 is 11.6 Å². The van der Waals surface area contributed by atoms with Crippen LogP contribution in [0, 0.1) is 0 Å². The van der Waals surface area contributed by atoms with Crippen LogP contribution in [0.1, 0.15) is 10.4 Å². The number of amides is 3. The number of urea groups is 1. The number of carbonyl (C=O) groups is 2. The third kappa shape index (κ3) is 5.17. The molecule has 0 aliphatic heterocycles. The third-order valence-electron chi connectivity index (χ3n) is 2.69. The lowest BCUT2D eigenvalue weighted by Crippen LogP contribution is -2.34. The highest BCUT2D eigenvalue weighted by atomic mass is 35.5. The summed E-state index contributed by atoms with van der Waals surface area (Å²) in [4.78, 5) is 23.5. The summed E-state index contributed by atoms with van der Waals surface area (Å²) in [7, 11) is 0. The van der Waals surface area contributed by atoms with E-state index in [0.717, 1.165) is 18.2 Å². The number of rotatable bonds is 3. The summed E-state index contributed by atoms with van der Waals surface area (Å²) in [5, 5.41) is 4.15. The number of hydrogen-bond donors (Lipinski definition) is 2. The molecule has 2 N–H and O–H groups in total. The van der Waals surface area contributed by atoms with Gasteiger partial charge >= 0.3 is 12.4 Å². The molecule has 0 aliphatic rings. The van der Waals surface area contributed by atoms with Crippen LogP contribution in [0.4, 0.5) is 23.7 Å². The normalized spacial score (nSPS) is 10.8. The number of ether oxygens (including phenoxy) is 1. The fraction of sp³-hybridized carbons (Fsp3) is 0.0667. The van der Waals surface area contributed by atoms with Crippen molar-refractivity contribution < 1.29 is 27.5 Å². The van der Waals surface area contributed by atoms with Gasteiger partial charge in [0, 0.05) is 11.6 Å². The van der Waals surface area contributed by atoms with E-state index < -0.39 is 24.1 Å². The van der Waals surface area contributed by atoms with Gasteiger partial charge in [-0.25, -0.2) is 4.79 Å². The Balaban J connectivity index is 2.00. The topological polar surface area (TPSA) is 67.4 Å². The molecule has 5 nitrogen and oxygen atoms in total. The zero-order valence-corrected chi connectivity index (χ0v) is 12.6. The van der Waals surface area contributed by atoms with Gasteiger partial charge in [0.1, 0.15) is 5.75 Å². The van der Waals surface area contributed by atoms with Crippen LogP contribution in [0.3, 0.4) is 0 Å². The average molecular weight is 359 g/mol. The zero-order valence-electron chi connectivity index (χ0n) is 11.9. The summed E-state index contributed by atoms with van der Waals surface area (Å²) in [6.07, 6.45) is -4.85. The number of benzene rings is 2. The molecule has 0 saturated carbocycles. The maximum atomic E-state index is 12.1. The van der Waals surface area contributed by atoms with Gasteiger partial charge in [-0.1, -0.05) is 29.8 Å². The Morgan fingerprint density at radius 2 is 1.71 bits per heavy atom. The molecule has 24 heavy (non-hydrogen) atoms. The number of hydrogen-bond acceptors (Lipinski definition) is 3.